The predicted octanol–water partition coefficient (Wildman–Crippen LogP) is 11.3. The van der Waals surface area contributed by atoms with Crippen molar-refractivity contribution in [3.8, 4) is 0 Å². The molecule has 0 fully saturated rings. The van der Waals surface area contributed by atoms with Gasteiger partial charge in [-0.1, -0.05) is 167 Å². The van der Waals surface area contributed by atoms with Crippen LogP contribution in [-0.2, 0) is 21.7 Å². The molecule has 0 amide bonds. The van der Waals surface area contributed by atoms with Crippen LogP contribution in [-0.4, -0.2) is 0 Å². The molecule has 192 valence electrons. The number of hydrogen-bond donors (Lipinski definition) is 0. The van der Waals surface area contributed by atoms with E-state index in [9.17, 15) is 0 Å². The van der Waals surface area contributed by atoms with Crippen molar-refractivity contribution in [2.24, 2.45) is 0 Å². The molecule has 0 unspecified atom stereocenters. The van der Waals surface area contributed by atoms with Gasteiger partial charge in [-0.2, -0.15) is 0 Å². The Hall–Kier alpha value is -1.56. The molecule has 0 aromatic heterocycles. The molecule has 0 aliphatic rings. The third-order valence-corrected chi connectivity index (χ3v) is 5.21. The van der Waals surface area contributed by atoms with Crippen LogP contribution in [0.4, 0.5) is 0 Å². The summed E-state index contributed by atoms with van der Waals surface area (Å²) in [5, 5.41) is 0. The normalized spacial score (nSPS) is 11.4. The zero-order chi connectivity index (χ0) is 26.0. The fourth-order valence-corrected chi connectivity index (χ4v) is 2.92. The molecule has 0 aliphatic carbocycles. The van der Waals surface area contributed by atoms with E-state index in [4.69, 9.17) is 0 Å². The van der Waals surface area contributed by atoms with Crippen molar-refractivity contribution in [1.82, 2.24) is 0 Å². The van der Waals surface area contributed by atoms with Crippen LogP contribution in [0.1, 0.15) is 140 Å². The average Bonchev–Trinajstić information content (AvgIpc) is 2.69. The van der Waals surface area contributed by atoms with Crippen LogP contribution < -0.4 is 0 Å². The van der Waals surface area contributed by atoms with Crippen LogP contribution >= 0.6 is 0 Å². The van der Waals surface area contributed by atoms with Gasteiger partial charge in [-0.25, -0.2) is 0 Å². The summed E-state index contributed by atoms with van der Waals surface area (Å²) in [5.41, 5.74) is 6.68. The molecule has 0 heteroatoms. The van der Waals surface area contributed by atoms with Gasteiger partial charge < -0.3 is 0 Å². The summed E-state index contributed by atoms with van der Waals surface area (Å²) in [6.07, 6.45) is 0. The first-order valence-corrected chi connectivity index (χ1v) is 12.6. The highest BCUT2D eigenvalue weighted by Gasteiger charge is 2.18. The lowest BCUT2D eigenvalue weighted by Gasteiger charge is -2.24. The van der Waals surface area contributed by atoms with E-state index in [1.165, 1.54) is 22.3 Å². The highest BCUT2D eigenvalue weighted by molar-refractivity contribution is 5.32. The standard InChI is InChI=1S/2C14H22.2C2H6.CH4/c1-13(2,3)11-7-9-12(10-8-11)14(4,5)6;1-13(2,3)11-8-7-9-12(10-11)14(4,5)6;2*1-2;/h2*7-10H,1-6H3;2*1-2H3;1H4. The Morgan fingerprint density at radius 1 is 0.364 bits per heavy atom. The minimum atomic E-state index is 0. The molecule has 2 aromatic rings. The molecule has 0 radical (unpaired) electrons. The van der Waals surface area contributed by atoms with Crippen molar-refractivity contribution in [1.29, 1.82) is 0 Å². The van der Waals surface area contributed by atoms with Gasteiger partial charge >= 0.3 is 0 Å². The molecule has 0 aliphatic heterocycles. The lowest BCUT2D eigenvalue weighted by molar-refractivity contribution is 0.568. The zero-order valence-corrected chi connectivity index (χ0v) is 24.6. The number of hydrogen-bond acceptors (Lipinski definition) is 0. The second-order valence-electron chi connectivity index (χ2n) is 12.2. The highest BCUT2D eigenvalue weighted by atomic mass is 14.2. The molecule has 0 spiro atoms. The third-order valence-electron chi connectivity index (χ3n) is 5.21. The number of rotatable bonds is 0. The molecule has 0 N–H and O–H groups in total. The summed E-state index contributed by atoms with van der Waals surface area (Å²) < 4.78 is 0. The van der Waals surface area contributed by atoms with E-state index in [0.717, 1.165) is 0 Å². The molecule has 0 atom stereocenters. The zero-order valence-electron chi connectivity index (χ0n) is 24.6. The Morgan fingerprint density at radius 3 is 0.758 bits per heavy atom. The summed E-state index contributed by atoms with van der Waals surface area (Å²) in [5.74, 6) is 0. The number of benzene rings is 2. The van der Waals surface area contributed by atoms with Crippen molar-refractivity contribution in [2.45, 2.75) is 140 Å². The topological polar surface area (TPSA) is 0 Å². The van der Waals surface area contributed by atoms with E-state index in [0.29, 0.717) is 0 Å². The Morgan fingerprint density at radius 2 is 0.576 bits per heavy atom. The molecule has 33 heavy (non-hydrogen) atoms. The second-order valence-corrected chi connectivity index (χ2v) is 12.2. The molecule has 0 heterocycles. The Balaban J connectivity index is -0.000000461. The first-order valence-electron chi connectivity index (χ1n) is 12.6. The van der Waals surface area contributed by atoms with E-state index in [2.05, 4.69) is 132 Å². The molecule has 2 rings (SSSR count). The summed E-state index contributed by atoms with van der Waals surface area (Å²) in [6.45, 7) is 35.0. The maximum absolute atomic E-state index is 2.33. The van der Waals surface area contributed by atoms with Gasteiger partial charge in [0, 0.05) is 0 Å². The van der Waals surface area contributed by atoms with E-state index in [1.807, 2.05) is 27.7 Å². The van der Waals surface area contributed by atoms with Crippen LogP contribution in [0.2, 0.25) is 0 Å². The highest BCUT2D eigenvalue weighted by Crippen LogP contribution is 2.28. The van der Waals surface area contributed by atoms with Gasteiger partial charge in [-0.15, -0.1) is 0 Å². The third kappa shape index (κ3) is 13.7. The van der Waals surface area contributed by atoms with Crippen LogP contribution in [0.3, 0.4) is 0 Å². The summed E-state index contributed by atoms with van der Waals surface area (Å²) in [4.78, 5) is 0. The Labute approximate surface area is 210 Å². The molecular formula is C33H60. The lowest BCUT2D eigenvalue weighted by Crippen LogP contribution is -2.15. The lowest BCUT2D eigenvalue weighted by atomic mass is 9.81. The first kappa shape index (κ1) is 36.0. The Bertz CT molecular complexity index is 671. The van der Waals surface area contributed by atoms with Gasteiger partial charge in [0.25, 0.3) is 0 Å². The monoisotopic (exact) mass is 456 g/mol. The van der Waals surface area contributed by atoms with Gasteiger partial charge in [0.2, 0.25) is 0 Å². The van der Waals surface area contributed by atoms with Crippen LogP contribution in [0.15, 0.2) is 48.5 Å². The molecular weight excluding hydrogens is 396 g/mol. The van der Waals surface area contributed by atoms with Gasteiger partial charge in [-0.05, 0) is 43.9 Å². The van der Waals surface area contributed by atoms with Crippen molar-refractivity contribution < 1.29 is 0 Å². The summed E-state index contributed by atoms with van der Waals surface area (Å²) >= 11 is 0. The van der Waals surface area contributed by atoms with Crippen molar-refractivity contribution >= 4 is 0 Å². The summed E-state index contributed by atoms with van der Waals surface area (Å²) in [6, 6.07) is 17.9. The van der Waals surface area contributed by atoms with Crippen LogP contribution in [0.5, 0.6) is 0 Å². The van der Waals surface area contributed by atoms with E-state index in [1.54, 1.807) is 0 Å². The van der Waals surface area contributed by atoms with Crippen molar-refractivity contribution in [3.05, 3.63) is 70.8 Å². The predicted molar refractivity (Wildman–Crippen MR) is 157 cm³/mol. The molecule has 0 saturated heterocycles. The van der Waals surface area contributed by atoms with Crippen LogP contribution in [0.25, 0.3) is 0 Å². The second kappa shape index (κ2) is 14.6. The molecule has 0 bridgehead atoms. The van der Waals surface area contributed by atoms with E-state index >= 15 is 0 Å². The van der Waals surface area contributed by atoms with Gasteiger partial charge in [0.05, 0.1) is 0 Å². The SMILES string of the molecule is C.CC.CC.CC(C)(C)c1ccc(C(C)(C)C)cc1.CC(C)(C)c1cccc(C(C)(C)C)c1. The van der Waals surface area contributed by atoms with E-state index in [-0.39, 0.29) is 29.1 Å². The van der Waals surface area contributed by atoms with Crippen molar-refractivity contribution in [2.75, 3.05) is 0 Å². The maximum atomic E-state index is 2.33. The average molecular weight is 457 g/mol. The minimum absolute atomic E-state index is 0. The van der Waals surface area contributed by atoms with Gasteiger partial charge in [-0.3, -0.25) is 0 Å². The summed E-state index contributed by atoms with van der Waals surface area (Å²) in [7, 11) is 0. The fourth-order valence-electron chi connectivity index (χ4n) is 2.92. The quantitative estimate of drug-likeness (QED) is 0.369. The van der Waals surface area contributed by atoms with E-state index < -0.39 is 0 Å². The molecule has 0 nitrogen and oxygen atoms in total. The minimum Gasteiger partial charge on any atom is -0.0776 e. The first-order chi connectivity index (χ1) is 14.4. The Kier molecular flexibility index (Phi) is 16.0. The molecule has 0 saturated carbocycles. The smallest absolute Gasteiger partial charge is 0.0132 e. The maximum Gasteiger partial charge on any atom is -0.0132 e. The van der Waals surface area contributed by atoms with Gasteiger partial charge in [0.1, 0.15) is 0 Å². The molecule has 2 aromatic carbocycles. The largest absolute Gasteiger partial charge is 0.0776 e. The van der Waals surface area contributed by atoms with Crippen LogP contribution in [0, 0.1) is 0 Å². The van der Waals surface area contributed by atoms with Gasteiger partial charge in [0.15, 0.2) is 0 Å². The van der Waals surface area contributed by atoms with Crippen molar-refractivity contribution in [3.63, 3.8) is 0 Å². The fraction of sp³-hybridized carbons (Fsp3) is 0.636.